The zero-order chi connectivity index (χ0) is 22.1. The van der Waals surface area contributed by atoms with E-state index in [9.17, 15) is 27.9 Å². The zero-order valence-corrected chi connectivity index (χ0v) is 16.1. The minimum atomic E-state index is -4.94. The van der Waals surface area contributed by atoms with Crippen LogP contribution in [0.25, 0.3) is 11.1 Å². The highest BCUT2D eigenvalue weighted by Gasteiger charge is 2.60. The third-order valence-electron chi connectivity index (χ3n) is 5.07. The third-order valence-corrected chi connectivity index (χ3v) is 5.07. The van der Waals surface area contributed by atoms with E-state index in [0.29, 0.717) is 5.56 Å². The van der Waals surface area contributed by atoms with E-state index >= 15 is 0 Å². The molecule has 0 bridgehead atoms. The van der Waals surface area contributed by atoms with Crippen molar-refractivity contribution in [3.63, 3.8) is 0 Å². The number of fused-ring (bicyclic) bond motifs is 3. The summed E-state index contributed by atoms with van der Waals surface area (Å²) in [7, 11) is 0. The predicted molar refractivity (Wildman–Crippen MR) is 101 cm³/mol. The second-order valence-corrected chi connectivity index (χ2v) is 6.96. The first-order valence-electron chi connectivity index (χ1n) is 9.19. The Balaban J connectivity index is 1.81. The Morgan fingerprint density at radius 3 is 2.37 bits per heavy atom. The van der Waals surface area contributed by atoms with Crippen LogP contribution in [0.2, 0.25) is 0 Å². The number of rotatable bonds is 7. The minimum Gasteiger partial charge on any atom is -0.492 e. The molecule has 30 heavy (non-hydrogen) atoms. The summed E-state index contributed by atoms with van der Waals surface area (Å²) in [6.45, 7) is 1.32. The number of aliphatic carboxylic acids is 1. The molecule has 1 atom stereocenters. The van der Waals surface area contributed by atoms with Crippen molar-refractivity contribution in [3.05, 3.63) is 53.6 Å². The van der Waals surface area contributed by atoms with Crippen LogP contribution in [-0.4, -0.2) is 52.9 Å². The second kappa shape index (κ2) is 7.98. The second-order valence-electron chi connectivity index (χ2n) is 6.96. The Hall–Kier alpha value is -3.07. The molecule has 0 radical (unpaired) electrons. The molecule has 2 aromatic carbocycles. The maximum atomic E-state index is 13.8. The van der Waals surface area contributed by atoms with Gasteiger partial charge >= 0.3 is 12.1 Å². The van der Waals surface area contributed by atoms with E-state index in [0.717, 1.165) is 6.07 Å². The number of hydrogen-bond donors (Lipinski definition) is 2. The molecule has 6 nitrogen and oxygen atoms in total. The van der Waals surface area contributed by atoms with E-state index in [2.05, 4.69) is 0 Å². The molecule has 160 valence electrons. The van der Waals surface area contributed by atoms with Gasteiger partial charge in [0.15, 0.2) is 0 Å². The Labute approximate surface area is 170 Å². The summed E-state index contributed by atoms with van der Waals surface area (Å²) in [4.78, 5) is 23.6. The van der Waals surface area contributed by atoms with Crippen LogP contribution in [0.5, 0.6) is 5.75 Å². The van der Waals surface area contributed by atoms with Gasteiger partial charge in [0.2, 0.25) is 11.5 Å². The zero-order valence-electron chi connectivity index (χ0n) is 16.1. The first kappa shape index (κ1) is 21.6. The van der Waals surface area contributed by atoms with E-state index in [4.69, 9.17) is 9.84 Å². The van der Waals surface area contributed by atoms with Gasteiger partial charge in [-0.1, -0.05) is 30.3 Å². The first-order valence-corrected chi connectivity index (χ1v) is 9.19. The number of alkyl halides is 3. The number of carbonyl (C=O) groups excluding carboxylic acids is 1. The summed E-state index contributed by atoms with van der Waals surface area (Å²) in [5.74, 6) is -1.28. The molecule has 3 rings (SSSR count). The molecule has 0 heterocycles. The van der Waals surface area contributed by atoms with Crippen molar-refractivity contribution in [1.29, 1.82) is 0 Å². The number of aliphatic hydroxyl groups is 1. The summed E-state index contributed by atoms with van der Waals surface area (Å²) in [6.07, 6.45) is -5.16. The van der Waals surface area contributed by atoms with Gasteiger partial charge in [-0.2, -0.15) is 13.2 Å². The first-order chi connectivity index (χ1) is 14.1. The van der Waals surface area contributed by atoms with Crippen molar-refractivity contribution < 1.29 is 37.7 Å². The van der Waals surface area contributed by atoms with Crippen LogP contribution >= 0.6 is 0 Å². The van der Waals surface area contributed by atoms with Crippen molar-refractivity contribution >= 4 is 11.9 Å². The standard InChI is InChI=1S/C21H20F3NO5/c1-13(26)25(9-8-19(27)28)10-11-30-14-6-7-16-15-4-2-3-5-17(15)20(29,18(16)12-14)21(22,23)24/h2-7,12,29H,8-11H2,1H3,(H,27,28). The number of benzene rings is 2. The van der Waals surface area contributed by atoms with Crippen LogP contribution in [0.3, 0.4) is 0 Å². The monoisotopic (exact) mass is 423 g/mol. The van der Waals surface area contributed by atoms with Crippen molar-refractivity contribution in [2.75, 3.05) is 19.7 Å². The number of nitrogens with zero attached hydrogens (tertiary/aromatic N) is 1. The van der Waals surface area contributed by atoms with Crippen molar-refractivity contribution in [3.8, 4) is 16.9 Å². The van der Waals surface area contributed by atoms with Crippen molar-refractivity contribution in [2.24, 2.45) is 0 Å². The molecule has 1 amide bonds. The van der Waals surface area contributed by atoms with Crippen molar-refractivity contribution in [1.82, 2.24) is 4.90 Å². The molecule has 9 heteroatoms. The van der Waals surface area contributed by atoms with E-state index < -0.39 is 17.7 Å². The van der Waals surface area contributed by atoms with Gasteiger partial charge in [-0.05, 0) is 23.3 Å². The maximum Gasteiger partial charge on any atom is 0.425 e. The summed E-state index contributed by atoms with van der Waals surface area (Å²) < 4.78 is 47.0. The van der Waals surface area contributed by atoms with Gasteiger partial charge in [-0.3, -0.25) is 9.59 Å². The molecular formula is C21H20F3NO5. The molecule has 1 aliphatic rings. The number of ether oxygens (including phenoxy) is 1. The van der Waals surface area contributed by atoms with Crippen LogP contribution in [0.4, 0.5) is 13.2 Å². The molecular weight excluding hydrogens is 403 g/mol. The lowest BCUT2D eigenvalue weighted by atomic mass is 9.91. The Kier molecular flexibility index (Phi) is 5.76. The largest absolute Gasteiger partial charge is 0.492 e. The molecule has 1 aliphatic carbocycles. The molecule has 2 N–H and O–H groups in total. The molecule has 1 unspecified atom stereocenters. The smallest absolute Gasteiger partial charge is 0.425 e. The molecule has 0 aromatic heterocycles. The highest BCUT2D eigenvalue weighted by Crippen LogP contribution is 2.55. The molecule has 0 saturated heterocycles. The summed E-state index contributed by atoms with van der Waals surface area (Å²) in [6, 6.07) is 9.91. The highest BCUT2D eigenvalue weighted by atomic mass is 19.4. The summed E-state index contributed by atoms with van der Waals surface area (Å²) in [5, 5.41) is 19.4. The molecule has 0 aliphatic heterocycles. The van der Waals surface area contributed by atoms with Gasteiger partial charge < -0.3 is 19.8 Å². The predicted octanol–water partition coefficient (Wildman–Crippen LogP) is 3.17. The third kappa shape index (κ3) is 3.85. The van der Waals surface area contributed by atoms with E-state index in [-0.39, 0.29) is 54.5 Å². The number of carboxylic acids is 1. The summed E-state index contributed by atoms with van der Waals surface area (Å²) >= 11 is 0. The van der Waals surface area contributed by atoms with Crippen LogP contribution in [0.1, 0.15) is 24.5 Å². The van der Waals surface area contributed by atoms with Gasteiger partial charge in [-0.15, -0.1) is 0 Å². The SMILES string of the molecule is CC(=O)N(CCOc1ccc2c(c1)C(O)(C(F)(F)F)c1ccccc1-2)CCC(=O)O. The normalized spacial score (nSPS) is 17.2. The Morgan fingerprint density at radius 1 is 1.07 bits per heavy atom. The Bertz CT molecular complexity index is 975. The van der Waals surface area contributed by atoms with Gasteiger partial charge in [-0.25, -0.2) is 0 Å². The fourth-order valence-corrected chi connectivity index (χ4v) is 3.56. The Morgan fingerprint density at radius 2 is 1.73 bits per heavy atom. The number of amides is 1. The molecule has 0 spiro atoms. The van der Waals surface area contributed by atoms with Gasteiger partial charge in [0.25, 0.3) is 0 Å². The lowest BCUT2D eigenvalue weighted by Gasteiger charge is -2.28. The van der Waals surface area contributed by atoms with Gasteiger partial charge in [0.05, 0.1) is 13.0 Å². The maximum absolute atomic E-state index is 13.8. The average Bonchev–Trinajstić information content (AvgIpc) is 2.94. The van der Waals surface area contributed by atoms with E-state index in [1.807, 2.05) is 0 Å². The molecule has 2 aromatic rings. The van der Waals surface area contributed by atoms with Crippen LogP contribution in [0.15, 0.2) is 42.5 Å². The van der Waals surface area contributed by atoms with Crippen LogP contribution in [0, 0.1) is 0 Å². The fraction of sp³-hybridized carbons (Fsp3) is 0.333. The topological polar surface area (TPSA) is 87.1 Å². The quantitative estimate of drug-likeness (QED) is 0.715. The molecule has 0 saturated carbocycles. The average molecular weight is 423 g/mol. The lowest BCUT2D eigenvalue weighted by molar-refractivity contribution is -0.246. The van der Waals surface area contributed by atoms with Crippen LogP contribution in [-0.2, 0) is 15.2 Å². The van der Waals surface area contributed by atoms with E-state index in [1.165, 1.54) is 42.2 Å². The van der Waals surface area contributed by atoms with Crippen molar-refractivity contribution in [2.45, 2.75) is 25.1 Å². The van der Waals surface area contributed by atoms with Crippen LogP contribution < -0.4 is 4.74 Å². The number of carboxylic acid groups (broad SMARTS) is 1. The number of carbonyl (C=O) groups is 2. The summed E-state index contributed by atoms with van der Waals surface area (Å²) in [5.41, 5.74) is -3.13. The number of hydrogen-bond acceptors (Lipinski definition) is 4. The lowest BCUT2D eigenvalue weighted by Crippen LogP contribution is -2.41. The number of halogens is 3. The van der Waals surface area contributed by atoms with Gasteiger partial charge in [0, 0.05) is 24.6 Å². The fourth-order valence-electron chi connectivity index (χ4n) is 3.56. The van der Waals surface area contributed by atoms with Gasteiger partial charge in [0.1, 0.15) is 12.4 Å². The highest BCUT2D eigenvalue weighted by molar-refractivity contribution is 5.81. The van der Waals surface area contributed by atoms with E-state index in [1.54, 1.807) is 6.07 Å². The minimum absolute atomic E-state index is 0.00134. The molecule has 0 fully saturated rings.